The van der Waals surface area contributed by atoms with Gasteiger partial charge in [-0.15, -0.1) is 0 Å². The topological polar surface area (TPSA) is 66.4 Å². The number of nitrogens with one attached hydrogen (secondary N) is 1. The zero-order chi connectivity index (χ0) is 16.7. The number of rotatable bonds is 7. The molecule has 0 heterocycles. The van der Waals surface area contributed by atoms with Gasteiger partial charge in [0.1, 0.15) is 0 Å². The molecule has 0 saturated heterocycles. The third kappa shape index (κ3) is 5.25. The molecule has 0 radical (unpaired) electrons. The second-order valence-corrected chi connectivity index (χ2v) is 5.45. The van der Waals surface area contributed by atoms with Crippen molar-refractivity contribution in [3.05, 3.63) is 70.8 Å². The third-order valence-electron chi connectivity index (χ3n) is 3.71. The Hall–Kier alpha value is -2.62. The molecule has 0 unspecified atom stereocenters. The number of carbonyl (C=O) groups excluding carboxylic acids is 1. The fourth-order valence-corrected chi connectivity index (χ4v) is 2.35. The molecule has 2 aromatic rings. The summed E-state index contributed by atoms with van der Waals surface area (Å²) in [5, 5.41) is 11.8. The first-order valence-electron chi connectivity index (χ1n) is 7.75. The van der Waals surface area contributed by atoms with Gasteiger partial charge in [0.15, 0.2) is 0 Å². The number of hydrogen-bond donors (Lipinski definition) is 2. The lowest BCUT2D eigenvalue weighted by molar-refractivity contribution is -0.120. The van der Waals surface area contributed by atoms with Crippen LogP contribution in [0.4, 0.5) is 0 Å². The van der Waals surface area contributed by atoms with Gasteiger partial charge in [-0.05, 0) is 41.7 Å². The molecule has 0 atom stereocenters. The van der Waals surface area contributed by atoms with E-state index in [2.05, 4.69) is 12.2 Å². The van der Waals surface area contributed by atoms with Crippen LogP contribution in [0.2, 0.25) is 0 Å². The van der Waals surface area contributed by atoms with E-state index in [0.29, 0.717) is 19.4 Å². The average molecular weight is 311 g/mol. The van der Waals surface area contributed by atoms with Crippen molar-refractivity contribution in [1.29, 1.82) is 0 Å². The van der Waals surface area contributed by atoms with Gasteiger partial charge in [-0.2, -0.15) is 0 Å². The average Bonchev–Trinajstić information content (AvgIpc) is 2.56. The van der Waals surface area contributed by atoms with E-state index in [-0.39, 0.29) is 11.5 Å². The standard InChI is InChI=1S/C19H21NO3/c1-2-14-6-8-16(9-7-14)13-18(21)20-11-10-15-4-3-5-17(12-15)19(22)23/h3-9,12H,2,10-11,13H2,1H3,(H,20,21)(H,22,23). The molecule has 0 aromatic heterocycles. The van der Waals surface area contributed by atoms with Crippen molar-refractivity contribution in [3.8, 4) is 0 Å². The van der Waals surface area contributed by atoms with Gasteiger partial charge in [0, 0.05) is 6.54 Å². The quantitative estimate of drug-likeness (QED) is 0.826. The highest BCUT2D eigenvalue weighted by Crippen LogP contribution is 2.07. The predicted molar refractivity (Wildman–Crippen MR) is 89.6 cm³/mol. The fourth-order valence-electron chi connectivity index (χ4n) is 2.35. The molecule has 0 bridgehead atoms. The van der Waals surface area contributed by atoms with E-state index in [4.69, 9.17) is 5.11 Å². The first kappa shape index (κ1) is 16.7. The van der Waals surface area contributed by atoms with Crippen molar-refractivity contribution in [2.45, 2.75) is 26.2 Å². The van der Waals surface area contributed by atoms with E-state index in [1.54, 1.807) is 18.2 Å². The van der Waals surface area contributed by atoms with Crippen LogP contribution in [0.3, 0.4) is 0 Å². The van der Waals surface area contributed by atoms with Crippen molar-refractivity contribution in [2.75, 3.05) is 6.54 Å². The second kappa shape index (κ2) is 8.13. The Bertz CT molecular complexity index is 677. The Labute approximate surface area is 136 Å². The highest BCUT2D eigenvalue weighted by Gasteiger charge is 2.05. The molecule has 4 heteroatoms. The number of aromatic carboxylic acids is 1. The minimum absolute atomic E-state index is 0.0244. The van der Waals surface area contributed by atoms with Gasteiger partial charge in [-0.1, -0.05) is 43.3 Å². The van der Waals surface area contributed by atoms with Crippen LogP contribution < -0.4 is 5.32 Å². The van der Waals surface area contributed by atoms with Gasteiger partial charge in [-0.25, -0.2) is 4.79 Å². The number of carboxylic acids is 1. The zero-order valence-corrected chi connectivity index (χ0v) is 13.2. The SMILES string of the molecule is CCc1ccc(CC(=O)NCCc2cccc(C(=O)O)c2)cc1. The van der Waals surface area contributed by atoms with Crippen molar-refractivity contribution in [3.63, 3.8) is 0 Å². The van der Waals surface area contributed by atoms with Crippen LogP contribution in [0.1, 0.15) is 34.0 Å². The number of amides is 1. The molecular weight excluding hydrogens is 290 g/mol. The number of carbonyl (C=O) groups is 2. The molecule has 0 spiro atoms. The van der Waals surface area contributed by atoms with Gasteiger partial charge in [-0.3, -0.25) is 4.79 Å². The molecule has 1 amide bonds. The predicted octanol–water partition coefficient (Wildman–Crippen LogP) is 2.85. The highest BCUT2D eigenvalue weighted by atomic mass is 16.4. The van der Waals surface area contributed by atoms with E-state index in [0.717, 1.165) is 17.5 Å². The molecular formula is C19H21NO3. The third-order valence-corrected chi connectivity index (χ3v) is 3.71. The molecule has 23 heavy (non-hydrogen) atoms. The van der Waals surface area contributed by atoms with E-state index in [1.165, 1.54) is 5.56 Å². The van der Waals surface area contributed by atoms with Crippen LogP contribution in [0.5, 0.6) is 0 Å². The Morgan fingerprint density at radius 1 is 1.00 bits per heavy atom. The van der Waals surface area contributed by atoms with Crippen LogP contribution in [0, 0.1) is 0 Å². The van der Waals surface area contributed by atoms with Gasteiger partial charge in [0.05, 0.1) is 12.0 Å². The molecule has 2 rings (SSSR count). The Morgan fingerprint density at radius 2 is 1.70 bits per heavy atom. The van der Waals surface area contributed by atoms with Crippen molar-refractivity contribution >= 4 is 11.9 Å². The molecule has 0 fully saturated rings. The van der Waals surface area contributed by atoms with Crippen LogP contribution in [-0.2, 0) is 24.1 Å². The Balaban J connectivity index is 1.80. The highest BCUT2D eigenvalue weighted by molar-refractivity contribution is 5.87. The summed E-state index contributed by atoms with van der Waals surface area (Å²) >= 11 is 0. The summed E-state index contributed by atoms with van der Waals surface area (Å²) in [6.07, 6.45) is 1.96. The summed E-state index contributed by atoms with van der Waals surface area (Å²) in [6.45, 7) is 2.59. The monoisotopic (exact) mass is 311 g/mol. The van der Waals surface area contributed by atoms with Crippen LogP contribution in [0.25, 0.3) is 0 Å². The summed E-state index contributed by atoms with van der Waals surface area (Å²) in [7, 11) is 0. The number of carboxylic acid groups (broad SMARTS) is 1. The lowest BCUT2D eigenvalue weighted by Crippen LogP contribution is -2.27. The number of benzene rings is 2. The summed E-state index contributed by atoms with van der Waals surface area (Å²) in [5.41, 5.74) is 3.42. The Kier molecular flexibility index (Phi) is 5.92. The first-order valence-corrected chi connectivity index (χ1v) is 7.75. The summed E-state index contributed by atoms with van der Waals surface area (Å²) in [4.78, 5) is 22.8. The summed E-state index contributed by atoms with van der Waals surface area (Å²) < 4.78 is 0. The van der Waals surface area contributed by atoms with E-state index < -0.39 is 5.97 Å². The lowest BCUT2D eigenvalue weighted by Gasteiger charge is -2.07. The fraction of sp³-hybridized carbons (Fsp3) is 0.263. The van der Waals surface area contributed by atoms with Crippen molar-refractivity contribution in [1.82, 2.24) is 5.32 Å². The van der Waals surface area contributed by atoms with Crippen molar-refractivity contribution < 1.29 is 14.7 Å². The van der Waals surface area contributed by atoms with Crippen LogP contribution in [-0.4, -0.2) is 23.5 Å². The Morgan fingerprint density at radius 3 is 2.35 bits per heavy atom. The van der Waals surface area contributed by atoms with Crippen molar-refractivity contribution in [2.24, 2.45) is 0 Å². The first-order chi connectivity index (χ1) is 11.1. The maximum absolute atomic E-state index is 11.9. The summed E-state index contributed by atoms with van der Waals surface area (Å²) in [6, 6.07) is 14.8. The largest absolute Gasteiger partial charge is 0.478 e. The molecule has 0 aliphatic carbocycles. The second-order valence-electron chi connectivity index (χ2n) is 5.45. The minimum atomic E-state index is -0.939. The van der Waals surface area contributed by atoms with Gasteiger partial charge >= 0.3 is 5.97 Å². The molecule has 0 aliphatic rings. The molecule has 2 N–H and O–H groups in total. The number of aryl methyl sites for hydroxylation is 1. The molecule has 4 nitrogen and oxygen atoms in total. The molecule has 0 saturated carbocycles. The molecule has 0 aliphatic heterocycles. The lowest BCUT2D eigenvalue weighted by atomic mass is 10.1. The molecule has 120 valence electrons. The molecule has 2 aromatic carbocycles. The smallest absolute Gasteiger partial charge is 0.335 e. The van der Waals surface area contributed by atoms with Crippen LogP contribution in [0.15, 0.2) is 48.5 Å². The van der Waals surface area contributed by atoms with Gasteiger partial charge in [0.25, 0.3) is 0 Å². The van der Waals surface area contributed by atoms with E-state index in [9.17, 15) is 9.59 Å². The minimum Gasteiger partial charge on any atom is -0.478 e. The van der Waals surface area contributed by atoms with Crippen LogP contribution >= 0.6 is 0 Å². The number of hydrogen-bond acceptors (Lipinski definition) is 2. The van der Waals surface area contributed by atoms with Gasteiger partial charge in [0.2, 0.25) is 5.91 Å². The van der Waals surface area contributed by atoms with E-state index in [1.807, 2.05) is 30.3 Å². The maximum atomic E-state index is 11.9. The van der Waals surface area contributed by atoms with E-state index >= 15 is 0 Å². The summed E-state index contributed by atoms with van der Waals surface area (Å²) in [5.74, 6) is -0.963. The normalized spacial score (nSPS) is 10.3. The zero-order valence-electron chi connectivity index (χ0n) is 13.2. The van der Waals surface area contributed by atoms with Gasteiger partial charge < -0.3 is 10.4 Å². The maximum Gasteiger partial charge on any atom is 0.335 e.